The SMILES string of the molecule is C[C@H](CCC(F)(F)C(C)(C)O)[C@H]1CC[C@H]2C3=CC=C4CC(O)CC[C@]4(C)[C@H]3CC[C@]12C. The maximum atomic E-state index is 14.4. The van der Waals surface area contributed by atoms with Crippen LogP contribution in [0.5, 0.6) is 0 Å². The summed E-state index contributed by atoms with van der Waals surface area (Å²) in [5, 5.41) is 20.0. The molecule has 7 atom stereocenters. The lowest BCUT2D eigenvalue weighted by atomic mass is 9.50. The molecule has 4 aliphatic rings. The van der Waals surface area contributed by atoms with Gasteiger partial charge in [-0.3, -0.25) is 0 Å². The lowest BCUT2D eigenvalue weighted by Gasteiger charge is -2.55. The number of aliphatic hydroxyl groups excluding tert-OH is 1. The van der Waals surface area contributed by atoms with E-state index in [1.807, 2.05) is 0 Å². The highest BCUT2D eigenvalue weighted by Gasteiger charge is 2.57. The molecule has 4 heteroatoms. The molecule has 2 N–H and O–H groups in total. The van der Waals surface area contributed by atoms with Crippen molar-refractivity contribution in [3.8, 4) is 0 Å². The third kappa shape index (κ3) is 3.74. The lowest BCUT2D eigenvalue weighted by Crippen LogP contribution is -2.47. The van der Waals surface area contributed by atoms with Crippen molar-refractivity contribution in [1.82, 2.24) is 0 Å². The Balaban J connectivity index is 1.52. The molecule has 176 valence electrons. The summed E-state index contributed by atoms with van der Waals surface area (Å²) in [4.78, 5) is 0. The summed E-state index contributed by atoms with van der Waals surface area (Å²) >= 11 is 0. The topological polar surface area (TPSA) is 40.5 Å². The van der Waals surface area contributed by atoms with Gasteiger partial charge in [0.1, 0.15) is 5.60 Å². The Bertz CT molecular complexity index is 764. The normalized spacial score (nSPS) is 41.6. The summed E-state index contributed by atoms with van der Waals surface area (Å²) in [6.07, 6.45) is 12.1. The number of alkyl halides is 2. The van der Waals surface area contributed by atoms with Gasteiger partial charge in [-0.2, -0.15) is 0 Å². The van der Waals surface area contributed by atoms with E-state index in [4.69, 9.17) is 0 Å². The summed E-state index contributed by atoms with van der Waals surface area (Å²) in [6.45, 7) is 9.42. The highest BCUT2D eigenvalue weighted by Crippen LogP contribution is 2.66. The standard InChI is InChI=1S/C27H42F2O2/c1-17(10-15-27(28,29)24(2,3)31)21-8-9-22-20-7-6-18-16-19(30)11-13-25(18,4)23(20)12-14-26(21,22)5/h6-7,17,19,21-23,30-31H,8-16H2,1-5H3/t17-,19?,21-,22+,23+,25+,26-/m1/s1. The van der Waals surface area contributed by atoms with Crippen molar-refractivity contribution < 1.29 is 19.0 Å². The van der Waals surface area contributed by atoms with E-state index in [1.165, 1.54) is 32.3 Å². The molecule has 0 aromatic rings. The van der Waals surface area contributed by atoms with Gasteiger partial charge in [-0.1, -0.05) is 44.1 Å². The number of aliphatic hydroxyl groups is 2. The van der Waals surface area contributed by atoms with E-state index in [9.17, 15) is 19.0 Å². The number of hydrogen-bond donors (Lipinski definition) is 2. The van der Waals surface area contributed by atoms with Gasteiger partial charge in [0.15, 0.2) is 0 Å². The monoisotopic (exact) mass is 436 g/mol. The van der Waals surface area contributed by atoms with Crippen LogP contribution in [0.4, 0.5) is 8.78 Å². The summed E-state index contributed by atoms with van der Waals surface area (Å²) in [6, 6.07) is 0. The van der Waals surface area contributed by atoms with Crippen LogP contribution in [0.2, 0.25) is 0 Å². The quantitative estimate of drug-likeness (QED) is 0.505. The Labute approximate surface area is 187 Å². The zero-order valence-corrected chi connectivity index (χ0v) is 20.1. The van der Waals surface area contributed by atoms with E-state index in [1.54, 1.807) is 5.57 Å². The summed E-state index contributed by atoms with van der Waals surface area (Å²) in [5.74, 6) is -1.23. The van der Waals surface area contributed by atoms with Gasteiger partial charge >= 0.3 is 0 Å². The Morgan fingerprint density at radius 2 is 1.77 bits per heavy atom. The fourth-order valence-electron chi connectivity index (χ4n) is 7.87. The lowest BCUT2D eigenvalue weighted by molar-refractivity contribution is -0.168. The van der Waals surface area contributed by atoms with Crippen LogP contribution in [0, 0.1) is 34.5 Å². The molecule has 4 rings (SSSR count). The van der Waals surface area contributed by atoms with Crippen molar-refractivity contribution in [2.75, 3.05) is 0 Å². The Hall–Kier alpha value is -0.740. The number of halogens is 2. The smallest absolute Gasteiger partial charge is 0.275 e. The van der Waals surface area contributed by atoms with Crippen LogP contribution in [-0.2, 0) is 0 Å². The molecule has 3 fully saturated rings. The molecule has 0 radical (unpaired) electrons. The molecule has 0 amide bonds. The second-order valence-electron chi connectivity index (χ2n) is 12.3. The predicted octanol–water partition coefficient (Wildman–Crippen LogP) is 6.67. The number of allylic oxidation sites excluding steroid dienone is 3. The molecule has 0 aliphatic heterocycles. The molecule has 0 aromatic carbocycles. The van der Waals surface area contributed by atoms with Crippen LogP contribution in [0.1, 0.15) is 92.4 Å². The second-order valence-corrected chi connectivity index (χ2v) is 12.3. The predicted molar refractivity (Wildman–Crippen MR) is 121 cm³/mol. The molecule has 0 saturated heterocycles. The van der Waals surface area contributed by atoms with Crippen molar-refractivity contribution in [3.05, 3.63) is 23.3 Å². The van der Waals surface area contributed by atoms with E-state index in [-0.39, 0.29) is 29.3 Å². The minimum absolute atomic E-state index is 0.182. The van der Waals surface area contributed by atoms with Gasteiger partial charge in [0, 0.05) is 6.42 Å². The molecule has 4 aliphatic carbocycles. The van der Waals surface area contributed by atoms with Crippen molar-refractivity contribution in [3.63, 3.8) is 0 Å². The molecule has 2 nitrogen and oxygen atoms in total. The Kier molecular flexibility index (Phi) is 5.78. The van der Waals surface area contributed by atoms with Crippen LogP contribution in [0.25, 0.3) is 0 Å². The Morgan fingerprint density at radius 3 is 2.45 bits per heavy atom. The fraction of sp³-hybridized carbons (Fsp3) is 0.852. The van der Waals surface area contributed by atoms with E-state index >= 15 is 0 Å². The number of hydrogen-bond acceptors (Lipinski definition) is 2. The van der Waals surface area contributed by atoms with Gasteiger partial charge in [-0.25, -0.2) is 8.78 Å². The zero-order chi connectivity index (χ0) is 22.8. The summed E-state index contributed by atoms with van der Waals surface area (Å²) in [5.41, 5.74) is 1.44. The average molecular weight is 437 g/mol. The van der Waals surface area contributed by atoms with Gasteiger partial charge in [0.05, 0.1) is 6.10 Å². The number of rotatable bonds is 5. The maximum absolute atomic E-state index is 14.4. The largest absolute Gasteiger partial charge is 0.393 e. The van der Waals surface area contributed by atoms with Crippen LogP contribution in [0.15, 0.2) is 23.3 Å². The molecule has 31 heavy (non-hydrogen) atoms. The van der Waals surface area contributed by atoms with E-state index in [0.29, 0.717) is 24.2 Å². The first-order valence-corrected chi connectivity index (χ1v) is 12.5. The molecular weight excluding hydrogens is 394 g/mol. The third-order valence-electron chi connectivity index (χ3n) is 10.1. The van der Waals surface area contributed by atoms with Gasteiger partial charge in [0.25, 0.3) is 5.92 Å². The average Bonchev–Trinajstić information content (AvgIpc) is 3.03. The van der Waals surface area contributed by atoms with Gasteiger partial charge in [-0.15, -0.1) is 0 Å². The summed E-state index contributed by atoms with van der Waals surface area (Å²) < 4.78 is 28.7. The minimum atomic E-state index is -3.05. The Morgan fingerprint density at radius 1 is 1.06 bits per heavy atom. The van der Waals surface area contributed by atoms with E-state index in [0.717, 1.165) is 32.1 Å². The van der Waals surface area contributed by atoms with Crippen molar-refractivity contribution in [1.29, 1.82) is 0 Å². The van der Waals surface area contributed by atoms with Crippen molar-refractivity contribution >= 4 is 0 Å². The molecule has 1 unspecified atom stereocenters. The molecule has 3 saturated carbocycles. The van der Waals surface area contributed by atoms with Crippen LogP contribution >= 0.6 is 0 Å². The molecular formula is C27H42F2O2. The first-order chi connectivity index (χ1) is 14.3. The van der Waals surface area contributed by atoms with E-state index in [2.05, 4.69) is 32.9 Å². The number of fused-ring (bicyclic) bond motifs is 5. The van der Waals surface area contributed by atoms with Gasteiger partial charge < -0.3 is 10.2 Å². The third-order valence-corrected chi connectivity index (χ3v) is 10.1. The molecule has 0 aromatic heterocycles. The van der Waals surface area contributed by atoms with Gasteiger partial charge in [-0.05, 0) is 99.7 Å². The minimum Gasteiger partial charge on any atom is -0.393 e. The molecule has 0 bridgehead atoms. The van der Waals surface area contributed by atoms with Gasteiger partial charge in [0.2, 0.25) is 0 Å². The van der Waals surface area contributed by atoms with Crippen LogP contribution in [0.3, 0.4) is 0 Å². The second kappa shape index (κ2) is 7.65. The molecule has 0 heterocycles. The first-order valence-electron chi connectivity index (χ1n) is 12.5. The van der Waals surface area contributed by atoms with Crippen LogP contribution in [-0.4, -0.2) is 27.8 Å². The van der Waals surface area contributed by atoms with Crippen molar-refractivity contribution in [2.24, 2.45) is 34.5 Å². The maximum Gasteiger partial charge on any atom is 0.275 e. The zero-order valence-electron chi connectivity index (χ0n) is 20.1. The molecule has 0 spiro atoms. The summed E-state index contributed by atoms with van der Waals surface area (Å²) in [7, 11) is 0. The fourth-order valence-corrected chi connectivity index (χ4v) is 7.87. The van der Waals surface area contributed by atoms with Crippen LogP contribution < -0.4 is 0 Å². The van der Waals surface area contributed by atoms with E-state index < -0.39 is 11.5 Å². The highest BCUT2D eigenvalue weighted by molar-refractivity contribution is 5.38. The highest BCUT2D eigenvalue weighted by atomic mass is 19.3. The first kappa shape index (κ1) is 23.4. The van der Waals surface area contributed by atoms with Crippen molar-refractivity contribution in [2.45, 2.75) is 110 Å².